The highest BCUT2D eigenvalue weighted by atomic mass is 79.9. The lowest BCUT2D eigenvalue weighted by atomic mass is 9.87. The van der Waals surface area contributed by atoms with E-state index in [1.54, 1.807) is 0 Å². The number of hydrogen-bond donors (Lipinski definition) is 1. The highest BCUT2D eigenvalue weighted by Gasteiger charge is 2.17. The summed E-state index contributed by atoms with van der Waals surface area (Å²) >= 11 is 4.98. The molecule has 1 aliphatic rings. The number of hydrogen-bond acceptors (Lipinski definition) is 3. The number of thiazole rings is 1. The standard InChI is InChI=1S/C15H17BrN2OS/c16-11-6-7-12-13(9-11)20-15(17-12)18-14(19)8-10-4-2-1-3-5-10/h6-7,9-10H,1-5,8H2,(H,17,18,19). The van der Waals surface area contributed by atoms with Gasteiger partial charge in [0.25, 0.3) is 0 Å². The Morgan fingerprint density at radius 2 is 2.15 bits per heavy atom. The lowest BCUT2D eigenvalue weighted by molar-refractivity contribution is -0.117. The Balaban J connectivity index is 1.64. The lowest BCUT2D eigenvalue weighted by Gasteiger charge is -2.20. The van der Waals surface area contributed by atoms with Gasteiger partial charge in [-0.25, -0.2) is 4.98 Å². The third-order valence-electron chi connectivity index (χ3n) is 3.80. The first-order valence-electron chi connectivity index (χ1n) is 7.06. The van der Waals surface area contributed by atoms with Crippen molar-refractivity contribution in [3.05, 3.63) is 22.7 Å². The summed E-state index contributed by atoms with van der Waals surface area (Å²) in [7, 11) is 0. The molecule has 0 saturated heterocycles. The maximum Gasteiger partial charge on any atom is 0.226 e. The monoisotopic (exact) mass is 352 g/mol. The molecule has 2 aromatic rings. The molecule has 1 amide bonds. The molecule has 1 aromatic carbocycles. The molecular formula is C15H17BrN2OS. The summed E-state index contributed by atoms with van der Waals surface area (Å²) < 4.78 is 2.13. The molecule has 1 fully saturated rings. The smallest absolute Gasteiger partial charge is 0.226 e. The molecule has 1 aromatic heterocycles. The van der Waals surface area contributed by atoms with Crippen LogP contribution in [0.3, 0.4) is 0 Å². The molecule has 0 atom stereocenters. The van der Waals surface area contributed by atoms with Crippen molar-refractivity contribution in [2.24, 2.45) is 5.92 Å². The summed E-state index contributed by atoms with van der Waals surface area (Å²) in [5, 5.41) is 3.66. The van der Waals surface area contributed by atoms with Gasteiger partial charge in [0.2, 0.25) is 5.91 Å². The van der Waals surface area contributed by atoms with Crippen molar-refractivity contribution in [2.75, 3.05) is 5.32 Å². The van der Waals surface area contributed by atoms with Gasteiger partial charge in [-0.15, -0.1) is 0 Å². The van der Waals surface area contributed by atoms with Crippen LogP contribution >= 0.6 is 27.3 Å². The van der Waals surface area contributed by atoms with Gasteiger partial charge in [0.1, 0.15) is 0 Å². The number of carbonyl (C=O) groups excluding carboxylic acids is 1. The van der Waals surface area contributed by atoms with Gasteiger partial charge >= 0.3 is 0 Å². The zero-order valence-corrected chi connectivity index (χ0v) is 13.6. The van der Waals surface area contributed by atoms with Gasteiger partial charge in [-0.2, -0.15) is 0 Å². The molecule has 0 unspecified atom stereocenters. The van der Waals surface area contributed by atoms with E-state index < -0.39 is 0 Å². The number of anilines is 1. The Labute approximate surface area is 130 Å². The van der Waals surface area contributed by atoms with Gasteiger partial charge in [-0.05, 0) is 37.0 Å². The van der Waals surface area contributed by atoms with Crippen LogP contribution in [-0.4, -0.2) is 10.9 Å². The zero-order valence-electron chi connectivity index (χ0n) is 11.2. The fourth-order valence-electron chi connectivity index (χ4n) is 2.78. The quantitative estimate of drug-likeness (QED) is 0.847. The fourth-order valence-corrected chi connectivity index (χ4v) is 4.21. The van der Waals surface area contributed by atoms with Crippen LogP contribution in [0.15, 0.2) is 22.7 Å². The summed E-state index contributed by atoms with van der Waals surface area (Å²) in [6.07, 6.45) is 6.89. The van der Waals surface area contributed by atoms with Crippen molar-refractivity contribution in [2.45, 2.75) is 38.5 Å². The number of nitrogens with one attached hydrogen (secondary N) is 1. The molecule has 3 nitrogen and oxygen atoms in total. The number of benzene rings is 1. The second-order valence-corrected chi connectivity index (χ2v) is 7.33. The van der Waals surface area contributed by atoms with Gasteiger partial charge in [0, 0.05) is 10.9 Å². The Morgan fingerprint density at radius 3 is 2.95 bits per heavy atom. The predicted octanol–water partition coefficient (Wildman–Crippen LogP) is 4.97. The lowest BCUT2D eigenvalue weighted by Crippen LogP contribution is -2.18. The van der Waals surface area contributed by atoms with E-state index in [2.05, 4.69) is 26.2 Å². The van der Waals surface area contributed by atoms with Gasteiger partial charge in [0.05, 0.1) is 10.2 Å². The largest absolute Gasteiger partial charge is 0.302 e. The van der Waals surface area contributed by atoms with E-state index in [1.165, 1.54) is 43.4 Å². The number of aromatic nitrogens is 1. The number of rotatable bonds is 3. The SMILES string of the molecule is O=C(CC1CCCCC1)Nc1nc2ccc(Br)cc2s1. The summed E-state index contributed by atoms with van der Waals surface area (Å²) in [5.41, 5.74) is 0.936. The van der Waals surface area contributed by atoms with Crippen LogP contribution in [0.1, 0.15) is 38.5 Å². The van der Waals surface area contributed by atoms with E-state index in [0.717, 1.165) is 14.7 Å². The number of fused-ring (bicyclic) bond motifs is 1. The minimum absolute atomic E-state index is 0.107. The molecule has 20 heavy (non-hydrogen) atoms. The highest BCUT2D eigenvalue weighted by Crippen LogP contribution is 2.30. The van der Waals surface area contributed by atoms with Crippen LogP contribution < -0.4 is 5.32 Å². The highest BCUT2D eigenvalue weighted by molar-refractivity contribution is 9.10. The third-order valence-corrected chi connectivity index (χ3v) is 5.22. The minimum Gasteiger partial charge on any atom is -0.302 e. The van der Waals surface area contributed by atoms with Gasteiger partial charge in [-0.3, -0.25) is 4.79 Å². The molecule has 0 aliphatic heterocycles. The molecule has 1 saturated carbocycles. The molecule has 5 heteroatoms. The summed E-state index contributed by atoms with van der Waals surface area (Å²) in [4.78, 5) is 16.5. The van der Waals surface area contributed by atoms with E-state index in [-0.39, 0.29) is 5.91 Å². The third kappa shape index (κ3) is 3.38. The first-order chi connectivity index (χ1) is 9.70. The Bertz CT molecular complexity index is 619. The van der Waals surface area contributed by atoms with Crippen LogP contribution in [0.25, 0.3) is 10.2 Å². The maximum atomic E-state index is 12.1. The summed E-state index contributed by atoms with van der Waals surface area (Å²) in [6, 6.07) is 5.96. The fraction of sp³-hybridized carbons (Fsp3) is 0.467. The van der Waals surface area contributed by atoms with E-state index >= 15 is 0 Å². The van der Waals surface area contributed by atoms with E-state index in [9.17, 15) is 4.79 Å². The normalized spacial score (nSPS) is 16.4. The average Bonchev–Trinajstić information content (AvgIpc) is 2.80. The van der Waals surface area contributed by atoms with Crippen molar-refractivity contribution in [3.8, 4) is 0 Å². The van der Waals surface area contributed by atoms with Gasteiger partial charge in [0.15, 0.2) is 5.13 Å². The minimum atomic E-state index is 0.107. The number of halogens is 1. The number of nitrogens with zero attached hydrogens (tertiary/aromatic N) is 1. The molecule has 0 spiro atoms. The van der Waals surface area contributed by atoms with Crippen LogP contribution in [0.2, 0.25) is 0 Å². The summed E-state index contributed by atoms with van der Waals surface area (Å²) in [6.45, 7) is 0. The van der Waals surface area contributed by atoms with Crippen molar-refractivity contribution in [3.63, 3.8) is 0 Å². The van der Waals surface area contributed by atoms with E-state index in [0.29, 0.717) is 17.5 Å². The van der Waals surface area contributed by atoms with Crippen LogP contribution in [0, 0.1) is 5.92 Å². The Kier molecular flexibility index (Phi) is 4.36. The number of carbonyl (C=O) groups is 1. The average molecular weight is 353 g/mol. The first-order valence-corrected chi connectivity index (χ1v) is 8.67. The molecule has 0 bridgehead atoms. The topological polar surface area (TPSA) is 42.0 Å². The molecule has 1 N–H and O–H groups in total. The molecule has 0 radical (unpaired) electrons. The maximum absolute atomic E-state index is 12.1. The first kappa shape index (κ1) is 14.0. The van der Waals surface area contributed by atoms with E-state index in [4.69, 9.17) is 0 Å². The number of amides is 1. The van der Waals surface area contributed by atoms with Gasteiger partial charge < -0.3 is 5.32 Å². The second kappa shape index (κ2) is 6.22. The predicted molar refractivity (Wildman–Crippen MR) is 87.1 cm³/mol. The summed E-state index contributed by atoms with van der Waals surface area (Å²) in [5.74, 6) is 0.669. The zero-order chi connectivity index (χ0) is 13.9. The second-order valence-electron chi connectivity index (χ2n) is 5.39. The van der Waals surface area contributed by atoms with Crippen LogP contribution in [0.4, 0.5) is 5.13 Å². The van der Waals surface area contributed by atoms with Crippen molar-refractivity contribution >= 4 is 48.5 Å². The van der Waals surface area contributed by atoms with Crippen LogP contribution in [-0.2, 0) is 4.79 Å². The molecule has 1 heterocycles. The van der Waals surface area contributed by atoms with Gasteiger partial charge in [-0.1, -0.05) is 46.5 Å². The van der Waals surface area contributed by atoms with Crippen molar-refractivity contribution in [1.82, 2.24) is 4.98 Å². The Hall–Kier alpha value is -0.940. The molecule has 1 aliphatic carbocycles. The molecular weight excluding hydrogens is 336 g/mol. The molecule has 3 rings (SSSR count). The Morgan fingerprint density at radius 1 is 1.35 bits per heavy atom. The van der Waals surface area contributed by atoms with E-state index in [1.807, 2.05) is 18.2 Å². The van der Waals surface area contributed by atoms with Crippen molar-refractivity contribution < 1.29 is 4.79 Å². The van der Waals surface area contributed by atoms with Crippen LogP contribution in [0.5, 0.6) is 0 Å². The van der Waals surface area contributed by atoms with Crippen molar-refractivity contribution in [1.29, 1.82) is 0 Å². The molecule has 106 valence electrons.